The number of aromatic nitrogens is 3. The first-order valence-corrected chi connectivity index (χ1v) is 8.82. The molecule has 2 aromatic rings. The highest BCUT2D eigenvalue weighted by Crippen LogP contribution is 2.45. The lowest BCUT2D eigenvalue weighted by Gasteiger charge is -2.22. The molecule has 1 fully saturated rings. The average molecular weight is 426 g/mol. The molecule has 6 nitrogen and oxygen atoms in total. The number of ether oxygens (including phenoxy) is 2. The number of nitrogens with zero attached hydrogens (tertiary/aromatic N) is 3. The highest BCUT2D eigenvalue weighted by Gasteiger charge is 2.50. The Morgan fingerprint density at radius 2 is 2.13 bits per heavy atom. The van der Waals surface area contributed by atoms with Crippen molar-refractivity contribution in [1.82, 2.24) is 14.5 Å². The van der Waals surface area contributed by atoms with Crippen LogP contribution >= 0.6 is 22.6 Å². The topological polar surface area (TPSA) is 75.2 Å². The second-order valence-electron chi connectivity index (χ2n) is 6.45. The summed E-state index contributed by atoms with van der Waals surface area (Å²) in [6, 6.07) is 0.0528. The minimum absolute atomic E-state index is 0.00861. The summed E-state index contributed by atoms with van der Waals surface area (Å²) in [5, 5.41) is 0.904. The number of anilines is 1. The van der Waals surface area contributed by atoms with Crippen molar-refractivity contribution in [3.8, 4) is 0 Å². The van der Waals surface area contributed by atoms with Crippen LogP contribution in [0.1, 0.15) is 33.2 Å². The third-order valence-corrected chi connectivity index (χ3v) is 5.36. The zero-order valence-electron chi connectivity index (χ0n) is 13.3. The summed E-state index contributed by atoms with van der Waals surface area (Å²) in [7, 11) is 0. The van der Waals surface area contributed by atoms with Gasteiger partial charge in [0.15, 0.2) is 5.79 Å². The molecule has 0 aromatic carbocycles. The van der Waals surface area contributed by atoms with Gasteiger partial charge in [0.1, 0.15) is 30.0 Å². The van der Waals surface area contributed by atoms with Gasteiger partial charge >= 0.3 is 0 Å². The predicted molar refractivity (Wildman–Crippen MR) is 95.9 cm³/mol. The Balaban J connectivity index is 1.85. The van der Waals surface area contributed by atoms with Crippen LogP contribution in [0.3, 0.4) is 0 Å². The Morgan fingerprint density at radius 1 is 1.35 bits per heavy atom. The molecule has 1 saturated heterocycles. The molecule has 0 saturated carbocycles. The normalized spacial score (nSPS) is 29.0. The third kappa shape index (κ3) is 2.28. The van der Waals surface area contributed by atoms with Crippen LogP contribution in [-0.4, -0.2) is 32.5 Å². The lowest BCUT2D eigenvalue weighted by Crippen LogP contribution is -2.27. The number of halogens is 1. The third-order valence-electron chi connectivity index (χ3n) is 4.54. The van der Waals surface area contributed by atoms with Crippen molar-refractivity contribution in [3.63, 3.8) is 0 Å². The molecule has 4 rings (SSSR count). The molecule has 0 spiro atoms. The number of hydrogen-bond donors (Lipinski definition) is 1. The second-order valence-corrected chi connectivity index (χ2v) is 7.61. The van der Waals surface area contributed by atoms with E-state index in [0.717, 1.165) is 21.0 Å². The first kappa shape index (κ1) is 15.3. The standard InChI is InChI=1S/C16H19IN4O2/c1-4-8-5-10(13-12(8)22-16(2,3)23-13)21-6-9(17)11-14(18)19-7-20-15(11)21/h5-7,10,12-13H,4H2,1-3H3,(H2,18,19,20). The smallest absolute Gasteiger partial charge is 0.164 e. The van der Waals surface area contributed by atoms with E-state index in [-0.39, 0.29) is 18.2 Å². The molecule has 2 aromatic heterocycles. The van der Waals surface area contributed by atoms with Gasteiger partial charge < -0.3 is 19.8 Å². The molecule has 0 amide bonds. The molecular weight excluding hydrogens is 407 g/mol. The van der Waals surface area contributed by atoms with E-state index < -0.39 is 5.79 Å². The van der Waals surface area contributed by atoms with Crippen molar-refractivity contribution in [2.45, 2.75) is 51.2 Å². The van der Waals surface area contributed by atoms with E-state index >= 15 is 0 Å². The van der Waals surface area contributed by atoms with Gasteiger partial charge in [-0.1, -0.05) is 13.0 Å². The summed E-state index contributed by atoms with van der Waals surface area (Å²) in [6.45, 7) is 6.08. The number of fused-ring (bicyclic) bond motifs is 2. The highest BCUT2D eigenvalue weighted by molar-refractivity contribution is 14.1. The molecule has 3 heterocycles. The minimum atomic E-state index is -0.563. The first-order valence-electron chi connectivity index (χ1n) is 7.74. The number of nitrogen functional groups attached to an aromatic ring is 1. The number of hydrogen-bond acceptors (Lipinski definition) is 5. The van der Waals surface area contributed by atoms with E-state index in [1.165, 1.54) is 11.9 Å². The van der Waals surface area contributed by atoms with Crippen molar-refractivity contribution in [1.29, 1.82) is 0 Å². The van der Waals surface area contributed by atoms with E-state index in [2.05, 4.69) is 56.3 Å². The SMILES string of the molecule is CCC1=CC(n2cc(I)c3c(N)ncnc32)C2OC(C)(C)OC12. The van der Waals surface area contributed by atoms with E-state index in [0.29, 0.717) is 5.82 Å². The fraction of sp³-hybridized carbons (Fsp3) is 0.500. The second kappa shape index (κ2) is 5.15. The number of rotatable bonds is 2. The van der Waals surface area contributed by atoms with Crippen LogP contribution in [0, 0.1) is 3.57 Å². The van der Waals surface area contributed by atoms with Gasteiger partial charge in [-0.25, -0.2) is 9.97 Å². The summed E-state index contributed by atoms with van der Waals surface area (Å²) in [5.41, 5.74) is 8.15. The van der Waals surface area contributed by atoms with Gasteiger partial charge in [-0.2, -0.15) is 0 Å². The summed E-state index contributed by atoms with van der Waals surface area (Å²) in [4.78, 5) is 8.56. The Bertz CT molecular complexity index is 814. The summed E-state index contributed by atoms with van der Waals surface area (Å²) < 4.78 is 15.5. The fourth-order valence-corrected chi connectivity index (χ4v) is 4.40. The molecule has 7 heteroatoms. The molecule has 1 aliphatic carbocycles. The zero-order valence-corrected chi connectivity index (χ0v) is 15.4. The minimum Gasteiger partial charge on any atom is -0.383 e. The summed E-state index contributed by atoms with van der Waals surface area (Å²) in [5.74, 6) is -0.0526. The van der Waals surface area contributed by atoms with Crippen LogP contribution in [0.2, 0.25) is 0 Å². The van der Waals surface area contributed by atoms with Crippen LogP contribution in [0.5, 0.6) is 0 Å². The molecule has 2 aliphatic rings. The van der Waals surface area contributed by atoms with E-state index in [1.807, 2.05) is 13.8 Å². The summed E-state index contributed by atoms with van der Waals surface area (Å²) in [6.07, 6.45) is 6.75. The lowest BCUT2D eigenvalue weighted by atomic mass is 10.1. The molecule has 0 radical (unpaired) electrons. The van der Waals surface area contributed by atoms with Crippen LogP contribution in [-0.2, 0) is 9.47 Å². The van der Waals surface area contributed by atoms with Gasteiger partial charge in [0.25, 0.3) is 0 Å². The maximum atomic E-state index is 6.19. The molecule has 3 unspecified atom stereocenters. The lowest BCUT2D eigenvalue weighted by molar-refractivity contribution is -0.147. The van der Waals surface area contributed by atoms with Gasteiger partial charge in [-0.15, -0.1) is 0 Å². The van der Waals surface area contributed by atoms with Gasteiger partial charge in [-0.05, 0) is 48.4 Å². The quantitative estimate of drug-likeness (QED) is 0.591. The predicted octanol–water partition coefficient (Wildman–Crippen LogP) is 3.03. The number of nitrogens with two attached hydrogens (primary N) is 1. The highest BCUT2D eigenvalue weighted by atomic mass is 127. The molecular formula is C16H19IN4O2. The first-order chi connectivity index (χ1) is 10.9. The molecule has 23 heavy (non-hydrogen) atoms. The van der Waals surface area contributed by atoms with E-state index in [9.17, 15) is 0 Å². The van der Waals surface area contributed by atoms with Crippen LogP contribution < -0.4 is 5.73 Å². The van der Waals surface area contributed by atoms with Crippen molar-refractivity contribution in [2.75, 3.05) is 5.73 Å². The zero-order chi connectivity index (χ0) is 16.4. The monoisotopic (exact) mass is 426 g/mol. The Hall–Kier alpha value is -1.19. The van der Waals surface area contributed by atoms with Crippen molar-refractivity contribution in [3.05, 3.63) is 27.7 Å². The molecule has 122 valence electrons. The van der Waals surface area contributed by atoms with E-state index in [4.69, 9.17) is 15.2 Å². The maximum Gasteiger partial charge on any atom is 0.164 e. The van der Waals surface area contributed by atoms with Gasteiger partial charge in [0.05, 0.1) is 11.4 Å². The Morgan fingerprint density at radius 3 is 2.87 bits per heavy atom. The van der Waals surface area contributed by atoms with Crippen molar-refractivity contribution < 1.29 is 9.47 Å². The van der Waals surface area contributed by atoms with Crippen LogP contribution in [0.25, 0.3) is 11.0 Å². The van der Waals surface area contributed by atoms with Gasteiger partial charge in [0.2, 0.25) is 0 Å². The summed E-state index contributed by atoms with van der Waals surface area (Å²) >= 11 is 2.28. The maximum absolute atomic E-state index is 6.19. The van der Waals surface area contributed by atoms with Gasteiger partial charge in [-0.3, -0.25) is 0 Å². The van der Waals surface area contributed by atoms with Crippen LogP contribution in [0.4, 0.5) is 5.82 Å². The van der Waals surface area contributed by atoms with Gasteiger partial charge in [0, 0.05) is 9.77 Å². The van der Waals surface area contributed by atoms with Crippen molar-refractivity contribution >= 4 is 39.4 Å². The molecule has 1 aliphatic heterocycles. The Kier molecular flexibility index (Phi) is 3.44. The molecule has 2 N–H and O–H groups in total. The fourth-order valence-electron chi connectivity index (χ4n) is 3.58. The van der Waals surface area contributed by atoms with Crippen molar-refractivity contribution in [2.24, 2.45) is 0 Å². The molecule has 0 bridgehead atoms. The average Bonchev–Trinajstić information content (AvgIpc) is 3.08. The Labute approximate surface area is 148 Å². The largest absolute Gasteiger partial charge is 0.383 e. The van der Waals surface area contributed by atoms with E-state index in [1.54, 1.807) is 0 Å². The van der Waals surface area contributed by atoms with Crippen LogP contribution in [0.15, 0.2) is 24.2 Å². The molecule has 3 atom stereocenters.